The lowest BCUT2D eigenvalue weighted by Gasteiger charge is -2.09. The van der Waals surface area contributed by atoms with Gasteiger partial charge >= 0.3 is 6.18 Å². The number of rotatable bonds is 2. The Bertz CT molecular complexity index is 595. The number of benzene rings is 1. The quantitative estimate of drug-likeness (QED) is 0.923. The summed E-state index contributed by atoms with van der Waals surface area (Å²) in [6, 6.07) is 2.57. The zero-order valence-corrected chi connectivity index (χ0v) is 10.3. The van der Waals surface area contributed by atoms with Crippen LogP contribution in [-0.4, -0.2) is 21.3 Å². The van der Waals surface area contributed by atoms with Crippen molar-refractivity contribution >= 4 is 34.2 Å². The molecule has 0 saturated heterocycles. The zero-order chi connectivity index (χ0) is 13.5. The number of hydrogen-bond donors (Lipinski definition) is 1. The van der Waals surface area contributed by atoms with Gasteiger partial charge in [0.1, 0.15) is 0 Å². The van der Waals surface area contributed by atoms with Crippen LogP contribution in [-0.2, 0) is 12.7 Å². The van der Waals surface area contributed by atoms with Gasteiger partial charge < -0.3 is 9.67 Å². The molecule has 18 heavy (non-hydrogen) atoms. The van der Waals surface area contributed by atoms with Crippen molar-refractivity contribution in [3.63, 3.8) is 0 Å². The zero-order valence-electron chi connectivity index (χ0n) is 8.80. The Kier molecular flexibility index (Phi) is 3.44. The molecule has 1 N–H and O–H groups in total. The minimum absolute atomic E-state index is 0.0881. The van der Waals surface area contributed by atoms with Gasteiger partial charge in [-0.3, -0.25) is 0 Å². The van der Waals surface area contributed by atoms with Crippen LogP contribution in [0, 0.1) is 0 Å². The summed E-state index contributed by atoms with van der Waals surface area (Å²) >= 11 is 11.5. The van der Waals surface area contributed by atoms with Crippen molar-refractivity contribution in [1.82, 2.24) is 9.55 Å². The van der Waals surface area contributed by atoms with Gasteiger partial charge in [-0.25, -0.2) is 4.98 Å². The van der Waals surface area contributed by atoms with Crippen LogP contribution in [0.15, 0.2) is 12.1 Å². The standard InChI is InChI=1S/C10H7Cl2F3N2O/c11-5-3-7-8(4-6(5)12)17(1-2-18)9(16-7)10(13,14)15/h3-4,18H,1-2H2. The third-order valence-corrected chi connectivity index (χ3v) is 3.09. The van der Waals surface area contributed by atoms with E-state index < -0.39 is 18.6 Å². The minimum Gasteiger partial charge on any atom is -0.395 e. The molecule has 1 aromatic carbocycles. The van der Waals surface area contributed by atoms with E-state index in [1.165, 1.54) is 12.1 Å². The maximum Gasteiger partial charge on any atom is 0.449 e. The van der Waals surface area contributed by atoms with E-state index in [4.69, 9.17) is 28.3 Å². The van der Waals surface area contributed by atoms with Gasteiger partial charge in [-0.15, -0.1) is 0 Å². The molecule has 2 aromatic rings. The van der Waals surface area contributed by atoms with Crippen LogP contribution in [0.2, 0.25) is 10.0 Å². The van der Waals surface area contributed by atoms with Crippen molar-refractivity contribution in [2.45, 2.75) is 12.7 Å². The Balaban J connectivity index is 2.75. The molecule has 0 aliphatic heterocycles. The average molecular weight is 299 g/mol. The van der Waals surface area contributed by atoms with E-state index in [-0.39, 0.29) is 27.6 Å². The first-order valence-corrected chi connectivity index (χ1v) is 5.63. The fraction of sp³-hybridized carbons (Fsp3) is 0.300. The van der Waals surface area contributed by atoms with Crippen molar-refractivity contribution in [3.8, 4) is 0 Å². The lowest BCUT2D eigenvalue weighted by atomic mass is 10.3. The first-order valence-electron chi connectivity index (χ1n) is 4.88. The summed E-state index contributed by atoms with van der Waals surface area (Å²) in [4.78, 5) is 3.49. The summed E-state index contributed by atoms with van der Waals surface area (Å²) in [5, 5.41) is 9.10. The van der Waals surface area contributed by atoms with Crippen molar-refractivity contribution in [2.24, 2.45) is 0 Å². The molecule has 0 unspecified atom stereocenters. The number of aliphatic hydroxyl groups is 1. The van der Waals surface area contributed by atoms with Gasteiger partial charge in [-0.1, -0.05) is 23.2 Å². The van der Waals surface area contributed by atoms with Crippen LogP contribution in [0.1, 0.15) is 5.82 Å². The van der Waals surface area contributed by atoms with Crippen LogP contribution < -0.4 is 0 Å². The molecule has 3 nitrogen and oxygen atoms in total. The molecule has 0 aliphatic rings. The van der Waals surface area contributed by atoms with Crippen LogP contribution in [0.5, 0.6) is 0 Å². The number of fused-ring (bicyclic) bond motifs is 1. The van der Waals surface area contributed by atoms with Gasteiger partial charge in [0.25, 0.3) is 0 Å². The molecule has 1 aromatic heterocycles. The molecule has 0 radical (unpaired) electrons. The summed E-state index contributed by atoms with van der Waals surface area (Å²) in [5.74, 6) is -1.08. The van der Waals surface area contributed by atoms with E-state index in [1.807, 2.05) is 0 Å². The highest BCUT2D eigenvalue weighted by atomic mass is 35.5. The van der Waals surface area contributed by atoms with E-state index in [2.05, 4.69) is 4.98 Å². The molecule has 1 heterocycles. The van der Waals surface area contributed by atoms with Gasteiger partial charge in [0.15, 0.2) is 0 Å². The largest absolute Gasteiger partial charge is 0.449 e. The summed E-state index contributed by atoms with van der Waals surface area (Å²) in [7, 11) is 0. The second-order valence-corrected chi connectivity index (χ2v) is 4.38. The SMILES string of the molecule is OCCn1c(C(F)(F)F)nc2cc(Cl)c(Cl)cc21. The lowest BCUT2D eigenvalue weighted by molar-refractivity contribution is -0.147. The van der Waals surface area contributed by atoms with Gasteiger partial charge in [-0.05, 0) is 12.1 Å². The lowest BCUT2D eigenvalue weighted by Crippen LogP contribution is -2.16. The number of hydrogen-bond acceptors (Lipinski definition) is 2. The highest BCUT2D eigenvalue weighted by molar-refractivity contribution is 6.42. The Hall–Kier alpha value is -0.980. The van der Waals surface area contributed by atoms with E-state index in [1.54, 1.807) is 0 Å². The second-order valence-electron chi connectivity index (χ2n) is 3.56. The molecule has 0 spiro atoms. The maximum absolute atomic E-state index is 12.8. The number of alkyl halides is 3. The Morgan fingerprint density at radius 1 is 1.22 bits per heavy atom. The number of halogens is 5. The highest BCUT2D eigenvalue weighted by Crippen LogP contribution is 2.34. The predicted molar refractivity (Wildman–Crippen MR) is 61.8 cm³/mol. The summed E-state index contributed by atoms with van der Waals surface area (Å²) in [6.07, 6.45) is -4.60. The topological polar surface area (TPSA) is 38.0 Å². The molecule has 98 valence electrons. The van der Waals surface area contributed by atoms with Crippen molar-refractivity contribution in [1.29, 1.82) is 0 Å². The fourth-order valence-electron chi connectivity index (χ4n) is 1.66. The van der Waals surface area contributed by atoms with Gasteiger partial charge in [0.05, 0.1) is 27.7 Å². The normalized spacial score (nSPS) is 12.3. The molecule has 0 fully saturated rings. The molecule has 0 saturated carbocycles. The average Bonchev–Trinajstić information content (AvgIpc) is 2.58. The van der Waals surface area contributed by atoms with Crippen LogP contribution in [0.3, 0.4) is 0 Å². The first-order chi connectivity index (χ1) is 8.34. The van der Waals surface area contributed by atoms with Gasteiger partial charge in [0.2, 0.25) is 5.82 Å². The highest BCUT2D eigenvalue weighted by Gasteiger charge is 2.37. The van der Waals surface area contributed by atoms with Crippen LogP contribution in [0.25, 0.3) is 11.0 Å². The minimum atomic E-state index is -4.60. The molecule has 8 heteroatoms. The molecule has 0 bridgehead atoms. The van der Waals surface area contributed by atoms with E-state index in [0.29, 0.717) is 0 Å². The first kappa shape index (κ1) is 13.5. The fourth-order valence-corrected chi connectivity index (χ4v) is 1.98. The van der Waals surface area contributed by atoms with Gasteiger partial charge in [0, 0.05) is 6.54 Å². The van der Waals surface area contributed by atoms with Crippen molar-refractivity contribution in [2.75, 3.05) is 6.61 Å². The van der Waals surface area contributed by atoms with E-state index >= 15 is 0 Å². The Morgan fingerprint density at radius 3 is 2.39 bits per heavy atom. The van der Waals surface area contributed by atoms with Crippen molar-refractivity contribution in [3.05, 3.63) is 28.0 Å². The molecule has 0 aliphatic carbocycles. The molecule has 0 atom stereocenters. The second kappa shape index (κ2) is 4.60. The molecular formula is C10H7Cl2F3N2O. The summed E-state index contributed by atoms with van der Waals surface area (Å²) in [5.41, 5.74) is 0.274. The van der Waals surface area contributed by atoms with E-state index in [9.17, 15) is 13.2 Å². The predicted octanol–water partition coefficient (Wildman–Crippen LogP) is 3.35. The molecular weight excluding hydrogens is 292 g/mol. The van der Waals surface area contributed by atoms with Gasteiger partial charge in [-0.2, -0.15) is 13.2 Å². The number of aliphatic hydroxyl groups excluding tert-OH is 1. The van der Waals surface area contributed by atoms with Crippen LogP contribution in [0.4, 0.5) is 13.2 Å². The number of aromatic nitrogens is 2. The third kappa shape index (κ3) is 2.28. The maximum atomic E-state index is 12.8. The number of imidazole rings is 1. The third-order valence-electron chi connectivity index (χ3n) is 2.37. The van der Waals surface area contributed by atoms with Crippen LogP contribution >= 0.6 is 23.2 Å². The smallest absolute Gasteiger partial charge is 0.395 e. The number of nitrogens with zero attached hydrogens (tertiary/aromatic N) is 2. The Labute approximate surface area is 110 Å². The summed E-state index contributed by atoms with van der Waals surface area (Å²) in [6.45, 7) is -0.655. The summed E-state index contributed by atoms with van der Waals surface area (Å²) < 4.78 is 39.2. The monoisotopic (exact) mass is 298 g/mol. The van der Waals surface area contributed by atoms with E-state index in [0.717, 1.165) is 4.57 Å². The Morgan fingerprint density at radius 2 is 1.83 bits per heavy atom. The van der Waals surface area contributed by atoms with Crippen molar-refractivity contribution < 1.29 is 18.3 Å². The molecule has 2 rings (SSSR count). The molecule has 0 amide bonds.